The number of carbonyl (C=O) groups excluding carboxylic acids is 1. The van der Waals surface area contributed by atoms with Gasteiger partial charge in [-0.3, -0.25) is 4.79 Å². The van der Waals surface area contributed by atoms with Gasteiger partial charge in [0.15, 0.2) is 0 Å². The lowest BCUT2D eigenvalue weighted by Gasteiger charge is -2.13. The molecule has 0 saturated heterocycles. The summed E-state index contributed by atoms with van der Waals surface area (Å²) < 4.78 is 49.9. The normalized spacial score (nSPS) is 11.5. The molecule has 82 valence electrons. The predicted molar refractivity (Wildman–Crippen MR) is 47.6 cm³/mol. The van der Waals surface area contributed by atoms with E-state index in [4.69, 9.17) is 0 Å². The zero-order chi connectivity index (χ0) is 11.8. The first kappa shape index (κ1) is 12.0. The lowest BCUT2D eigenvalue weighted by atomic mass is 10.1. The summed E-state index contributed by atoms with van der Waals surface area (Å²) in [6.07, 6.45) is -4.84. The van der Waals surface area contributed by atoms with Crippen molar-refractivity contribution in [2.75, 3.05) is 0 Å². The fourth-order valence-electron chi connectivity index (χ4n) is 1.07. The quantitative estimate of drug-likeness (QED) is 0.792. The molecular weight excluding hydrogens is 282 g/mol. The monoisotopic (exact) mass is 285 g/mol. The second kappa shape index (κ2) is 3.80. The van der Waals surface area contributed by atoms with Crippen molar-refractivity contribution in [3.8, 4) is 0 Å². The first-order valence-corrected chi connectivity index (χ1v) is 4.39. The second-order valence-electron chi connectivity index (χ2n) is 2.64. The van der Waals surface area contributed by atoms with E-state index < -0.39 is 33.5 Å². The molecule has 0 spiro atoms. The van der Waals surface area contributed by atoms with Crippen molar-refractivity contribution >= 4 is 21.8 Å². The van der Waals surface area contributed by atoms with Crippen LogP contribution in [0.1, 0.15) is 15.9 Å². The van der Waals surface area contributed by atoms with Gasteiger partial charge in [-0.25, -0.2) is 4.39 Å². The molecular formula is C8H4BrF4NO. The summed E-state index contributed by atoms with van der Waals surface area (Å²) in [6.45, 7) is 0. The Labute approximate surface area is 90.2 Å². The molecule has 15 heavy (non-hydrogen) atoms. The third kappa shape index (κ3) is 2.28. The number of amides is 1. The molecule has 0 saturated carbocycles. The van der Waals surface area contributed by atoms with Gasteiger partial charge in [-0.15, -0.1) is 0 Å². The molecule has 1 rings (SSSR count). The van der Waals surface area contributed by atoms with Crippen LogP contribution in [0.3, 0.4) is 0 Å². The molecule has 0 fully saturated rings. The summed E-state index contributed by atoms with van der Waals surface area (Å²) in [7, 11) is 0. The highest BCUT2D eigenvalue weighted by molar-refractivity contribution is 9.10. The Morgan fingerprint density at radius 1 is 1.33 bits per heavy atom. The van der Waals surface area contributed by atoms with Gasteiger partial charge in [0.2, 0.25) is 0 Å². The van der Waals surface area contributed by atoms with E-state index >= 15 is 0 Å². The number of halogens is 5. The van der Waals surface area contributed by atoms with E-state index in [1.165, 1.54) is 0 Å². The summed E-state index contributed by atoms with van der Waals surface area (Å²) in [5.74, 6) is -2.75. The van der Waals surface area contributed by atoms with Gasteiger partial charge in [-0.1, -0.05) is 15.9 Å². The van der Waals surface area contributed by atoms with Crippen molar-refractivity contribution < 1.29 is 22.4 Å². The number of hydrogen-bond donors (Lipinski definition) is 1. The Hall–Kier alpha value is -1.11. The van der Waals surface area contributed by atoms with Gasteiger partial charge in [-0.05, 0) is 12.1 Å². The first-order chi connectivity index (χ1) is 6.75. The maximum Gasteiger partial charge on any atom is 0.418 e. The molecule has 0 aromatic heterocycles. The highest BCUT2D eigenvalue weighted by Crippen LogP contribution is 2.38. The van der Waals surface area contributed by atoms with E-state index in [1.54, 1.807) is 0 Å². The molecule has 0 radical (unpaired) electrons. The minimum Gasteiger partial charge on any atom is -0.365 e. The van der Waals surface area contributed by atoms with Crippen molar-refractivity contribution in [3.63, 3.8) is 0 Å². The minimum absolute atomic E-state index is 0.426. The van der Waals surface area contributed by atoms with Crippen LogP contribution in [-0.4, -0.2) is 5.91 Å². The standard InChI is InChI=1S/C8H4BrF4NO/c9-3-1-2-4(10)5(7(14)15)6(3)8(11,12)13/h1-2H,(H2,14,15). The molecule has 2 N–H and O–H groups in total. The van der Waals surface area contributed by atoms with Crippen molar-refractivity contribution in [2.24, 2.45) is 5.73 Å². The lowest BCUT2D eigenvalue weighted by Crippen LogP contribution is -2.21. The first-order valence-electron chi connectivity index (χ1n) is 3.60. The summed E-state index contributed by atoms with van der Waals surface area (Å²) >= 11 is 2.59. The number of rotatable bonds is 1. The SMILES string of the molecule is NC(=O)c1c(F)ccc(Br)c1C(F)(F)F. The van der Waals surface area contributed by atoms with Crippen molar-refractivity contribution in [2.45, 2.75) is 6.18 Å². The van der Waals surface area contributed by atoms with Crippen LogP contribution in [0.5, 0.6) is 0 Å². The van der Waals surface area contributed by atoms with E-state index in [9.17, 15) is 22.4 Å². The Morgan fingerprint density at radius 3 is 2.20 bits per heavy atom. The third-order valence-corrected chi connectivity index (χ3v) is 2.29. The Balaban J connectivity index is 3.60. The topological polar surface area (TPSA) is 43.1 Å². The van der Waals surface area contributed by atoms with Crippen LogP contribution < -0.4 is 5.73 Å². The Kier molecular flexibility index (Phi) is 3.03. The lowest BCUT2D eigenvalue weighted by molar-refractivity contribution is -0.138. The van der Waals surface area contributed by atoms with Gasteiger partial charge in [0.1, 0.15) is 5.82 Å². The molecule has 0 bridgehead atoms. The van der Waals surface area contributed by atoms with Gasteiger partial charge < -0.3 is 5.73 Å². The number of benzene rings is 1. The fraction of sp³-hybridized carbons (Fsp3) is 0.125. The van der Waals surface area contributed by atoms with Crippen LogP contribution in [0, 0.1) is 5.82 Å². The maximum absolute atomic E-state index is 13.0. The summed E-state index contributed by atoms with van der Waals surface area (Å²) in [5, 5.41) is 0. The largest absolute Gasteiger partial charge is 0.418 e. The van der Waals surface area contributed by atoms with Crippen LogP contribution in [0.2, 0.25) is 0 Å². The average Bonchev–Trinajstić information content (AvgIpc) is 2.05. The molecule has 0 aliphatic rings. The summed E-state index contributed by atoms with van der Waals surface area (Å²) in [6, 6.07) is 1.60. The Morgan fingerprint density at radius 2 is 1.87 bits per heavy atom. The summed E-state index contributed by atoms with van der Waals surface area (Å²) in [4.78, 5) is 10.7. The number of alkyl halides is 3. The van der Waals surface area contributed by atoms with Gasteiger partial charge in [0.25, 0.3) is 5.91 Å². The molecule has 1 amide bonds. The van der Waals surface area contributed by atoms with Crippen LogP contribution in [0.25, 0.3) is 0 Å². The van der Waals surface area contributed by atoms with Gasteiger partial charge in [-0.2, -0.15) is 13.2 Å². The smallest absolute Gasteiger partial charge is 0.365 e. The molecule has 0 aliphatic heterocycles. The summed E-state index contributed by atoms with van der Waals surface area (Å²) in [5.41, 5.74) is 2.13. The number of hydrogen-bond acceptors (Lipinski definition) is 1. The molecule has 0 aliphatic carbocycles. The molecule has 0 unspecified atom stereocenters. The van der Waals surface area contributed by atoms with Crippen LogP contribution in [0.15, 0.2) is 16.6 Å². The minimum atomic E-state index is -4.84. The predicted octanol–water partition coefficient (Wildman–Crippen LogP) is 2.71. The molecule has 1 aromatic rings. The van der Waals surface area contributed by atoms with E-state index in [0.717, 1.165) is 12.1 Å². The third-order valence-electron chi connectivity index (χ3n) is 1.63. The fourth-order valence-corrected chi connectivity index (χ4v) is 1.63. The van der Waals surface area contributed by atoms with Crippen molar-refractivity contribution in [1.82, 2.24) is 0 Å². The molecule has 0 atom stereocenters. The van der Waals surface area contributed by atoms with Crippen molar-refractivity contribution in [3.05, 3.63) is 33.5 Å². The highest BCUT2D eigenvalue weighted by atomic mass is 79.9. The van der Waals surface area contributed by atoms with Crippen LogP contribution in [-0.2, 0) is 6.18 Å². The van der Waals surface area contributed by atoms with E-state index in [1.807, 2.05) is 0 Å². The van der Waals surface area contributed by atoms with Gasteiger partial charge in [0.05, 0.1) is 11.1 Å². The van der Waals surface area contributed by atoms with E-state index in [2.05, 4.69) is 21.7 Å². The highest BCUT2D eigenvalue weighted by Gasteiger charge is 2.38. The maximum atomic E-state index is 13.0. The van der Waals surface area contributed by atoms with Crippen LogP contribution in [0.4, 0.5) is 17.6 Å². The second-order valence-corrected chi connectivity index (χ2v) is 3.50. The molecule has 0 heterocycles. The molecule has 2 nitrogen and oxygen atoms in total. The zero-order valence-corrected chi connectivity index (χ0v) is 8.62. The number of carbonyl (C=O) groups is 1. The van der Waals surface area contributed by atoms with Crippen LogP contribution >= 0.6 is 15.9 Å². The number of nitrogens with two attached hydrogens (primary N) is 1. The number of primary amides is 1. The van der Waals surface area contributed by atoms with Crippen molar-refractivity contribution in [1.29, 1.82) is 0 Å². The van der Waals surface area contributed by atoms with E-state index in [-0.39, 0.29) is 0 Å². The average molecular weight is 286 g/mol. The van der Waals surface area contributed by atoms with Gasteiger partial charge >= 0.3 is 6.18 Å². The molecule has 7 heteroatoms. The van der Waals surface area contributed by atoms with E-state index in [0.29, 0.717) is 0 Å². The zero-order valence-electron chi connectivity index (χ0n) is 7.03. The molecule has 1 aromatic carbocycles. The Bertz CT molecular complexity index is 416. The van der Waals surface area contributed by atoms with Gasteiger partial charge in [0, 0.05) is 4.47 Å².